The molecule has 0 aromatic rings. The van der Waals surface area contributed by atoms with Crippen LogP contribution in [-0.4, -0.2) is 37.2 Å². The van der Waals surface area contributed by atoms with Crippen LogP contribution in [0.15, 0.2) is 72.9 Å². The number of unbranched alkanes of at least 4 members (excludes halogenated alkanes) is 32. The second-order valence-corrected chi connectivity index (χ2v) is 20.2. The first-order valence-corrected chi connectivity index (χ1v) is 30.4. The zero-order chi connectivity index (χ0) is 51.4. The molecule has 0 aliphatic rings. The Hall–Kier alpha value is -3.15. The Kier molecular flexibility index (Phi) is 56.8. The lowest BCUT2D eigenvalue weighted by Gasteiger charge is -2.18. The molecule has 0 bridgehead atoms. The minimum atomic E-state index is -0.804. The first kappa shape index (κ1) is 67.8. The summed E-state index contributed by atoms with van der Waals surface area (Å²) in [5.41, 5.74) is 0. The molecule has 0 aromatic heterocycles. The summed E-state index contributed by atoms with van der Waals surface area (Å²) in [5, 5.41) is 0. The lowest BCUT2D eigenvalue weighted by molar-refractivity contribution is -0.167. The minimum Gasteiger partial charge on any atom is -0.462 e. The van der Waals surface area contributed by atoms with Gasteiger partial charge in [0.2, 0.25) is 0 Å². The monoisotopic (exact) mass is 991 g/mol. The molecule has 0 rings (SSSR count). The summed E-state index contributed by atoms with van der Waals surface area (Å²) < 4.78 is 16.8. The SMILES string of the molecule is CC/C=C\C/C=C\C/C=C\CCCCCCCC(=O)O[C@H](COC(=O)CCC/C=C\C/C=C\C/C=C\CCCCCCCC)COC(=O)CCCCCCCCCCCCCCCCCCCCCCC. The molecule has 6 nitrogen and oxygen atoms in total. The third-order valence-electron chi connectivity index (χ3n) is 13.2. The first-order valence-electron chi connectivity index (χ1n) is 30.4. The molecule has 0 unspecified atom stereocenters. The van der Waals surface area contributed by atoms with Gasteiger partial charge < -0.3 is 14.2 Å². The van der Waals surface area contributed by atoms with Gasteiger partial charge in [-0.3, -0.25) is 14.4 Å². The van der Waals surface area contributed by atoms with Gasteiger partial charge in [0.15, 0.2) is 6.10 Å². The fourth-order valence-corrected chi connectivity index (χ4v) is 8.65. The van der Waals surface area contributed by atoms with Crippen LogP contribution in [0.25, 0.3) is 0 Å². The van der Waals surface area contributed by atoms with Crippen LogP contribution < -0.4 is 0 Å². The van der Waals surface area contributed by atoms with E-state index in [4.69, 9.17) is 14.2 Å². The minimum absolute atomic E-state index is 0.0957. The Balaban J connectivity index is 4.40. The van der Waals surface area contributed by atoms with Crippen molar-refractivity contribution < 1.29 is 28.6 Å². The van der Waals surface area contributed by atoms with Crippen molar-refractivity contribution in [3.63, 3.8) is 0 Å². The molecule has 0 saturated carbocycles. The van der Waals surface area contributed by atoms with Crippen molar-refractivity contribution in [3.8, 4) is 0 Å². The molecular weight excluding hydrogens is 877 g/mol. The molecule has 0 aliphatic carbocycles. The van der Waals surface area contributed by atoms with Crippen LogP contribution in [0.5, 0.6) is 0 Å². The van der Waals surface area contributed by atoms with E-state index in [1.807, 2.05) is 0 Å². The molecular formula is C65H114O6. The second kappa shape index (κ2) is 59.4. The van der Waals surface area contributed by atoms with Crippen molar-refractivity contribution >= 4 is 17.9 Å². The van der Waals surface area contributed by atoms with Gasteiger partial charge in [-0.1, -0.05) is 273 Å². The number of hydrogen-bond donors (Lipinski definition) is 0. The largest absolute Gasteiger partial charge is 0.462 e. The van der Waals surface area contributed by atoms with E-state index in [1.165, 1.54) is 161 Å². The highest BCUT2D eigenvalue weighted by atomic mass is 16.6. The average molecular weight is 992 g/mol. The zero-order valence-corrected chi connectivity index (χ0v) is 47.0. The van der Waals surface area contributed by atoms with Gasteiger partial charge >= 0.3 is 17.9 Å². The van der Waals surface area contributed by atoms with Gasteiger partial charge in [0.05, 0.1) is 0 Å². The average Bonchev–Trinajstić information content (AvgIpc) is 3.37. The summed E-state index contributed by atoms with van der Waals surface area (Å²) in [4.78, 5) is 38.2. The Morgan fingerprint density at radius 3 is 0.915 bits per heavy atom. The van der Waals surface area contributed by atoms with Crippen molar-refractivity contribution in [2.45, 2.75) is 309 Å². The van der Waals surface area contributed by atoms with E-state index in [1.54, 1.807) is 0 Å². The van der Waals surface area contributed by atoms with Gasteiger partial charge in [-0.25, -0.2) is 0 Å². The van der Waals surface area contributed by atoms with Crippen LogP contribution in [-0.2, 0) is 28.6 Å². The fraction of sp³-hybridized carbons (Fsp3) is 0.769. The first-order chi connectivity index (χ1) is 35.0. The summed E-state index contributed by atoms with van der Waals surface area (Å²) >= 11 is 0. The predicted molar refractivity (Wildman–Crippen MR) is 307 cm³/mol. The standard InChI is InChI=1S/C65H114O6/c1-4-7-10-13-16-19-22-25-28-30-31-32-33-35-38-40-43-46-49-52-55-58-64(67)70-61-62(71-65(68)59-56-53-50-47-44-41-36-27-24-21-18-15-12-9-6-3)60-69-63(66)57-54-51-48-45-42-39-37-34-29-26-23-20-17-14-11-8-5-2/h9,12,18,21,26-27,29,36-37,39,45,48,62H,4-8,10-11,13-17,19-20,22-25,28,30-35,38,40-44,46-47,49-61H2,1-3H3/b12-9-,21-18-,29-26-,36-27-,39-37-,48-45-/t62-/m1/s1. The number of allylic oxidation sites excluding steroid dienone is 12. The lowest BCUT2D eigenvalue weighted by Crippen LogP contribution is -2.30. The number of carbonyl (C=O) groups excluding carboxylic acids is 3. The number of esters is 3. The van der Waals surface area contributed by atoms with Gasteiger partial charge in [-0.15, -0.1) is 0 Å². The van der Waals surface area contributed by atoms with Crippen molar-refractivity contribution in [2.24, 2.45) is 0 Å². The smallest absolute Gasteiger partial charge is 0.306 e. The number of rotatable bonds is 55. The number of hydrogen-bond acceptors (Lipinski definition) is 6. The third-order valence-corrected chi connectivity index (χ3v) is 13.2. The van der Waals surface area contributed by atoms with E-state index in [9.17, 15) is 14.4 Å². The number of ether oxygens (including phenoxy) is 3. The van der Waals surface area contributed by atoms with E-state index in [0.29, 0.717) is 19.3 Å². The Morgan fingerprint density at radius 1 is 0.296 bits per heavy atom. The molecule has 6 heteroatoms. The summed E-state index contributed by atoms with van der Waals surface area (Å²) in [7, 11) is 0. The molecule has 0 aromatic carbocycles. The molecule has 0 amide bonds. The van der Waals surface area contributed by atoms with Crippen LogP contribution >= 0.6 is 0 Å². The maximum absolute atomic E-state index is 12.9. The van der Waals surface area contributed by atoms with Crippen molar-refractivity contribution in [2.75, 3.05) is 13.2 Å². The summed E-state index contributed by atoms with van der Waals surface area (Å²) in [6, 6.07) is 0. The predicted octanol–water partition coefficient (Wildman–Crippen LogP) is 20.5. The Bertz CT molecular complexity index is 1320. The summed E-state index contributed by atoms with van der Waals surface area (Å²) in [6.45, 7) is 6.50. The van der Waals surface area contributed by atoms with Crippen LogP contribution in [0.3, 0.4) is 0 Å². The molecule has 0 radical (unpaired) electrons. The molecule has 71 heavy (non-hydrogen) atoms. The summed E-state index contributed by atoms with van der Waals surface area (Å²) in [5.74, 6) is -0.956. The second-order valence-electron chi connectivity index (χ2n) is 20.2. The van der Waals surface area contributed by atoms with Crippen LogP contribution in [0.2, 0.25) is 0 Å². The lowest BCUT2D eigenvalue weighted by atomic mass is 10.0. The van der Waals surface area contributed by atoms with Crippen LogP contribution in [0, 0.1) is 0 Å². The third kappa shape index (κ3) is 57.6. The van der Waals surface area contributed by atoms with Crippen LogP contribution in [0.1, 0.15) is 303 Å². The van der Waals surface area contributed by atoms with Gasteiger partial charge in [0.1, 0.15) is 13.2 Å². The molecule has 0 aliphatic heterocycles. The molecule has 1 atom stereocenters. The highest BCUT2D eigenvalue weighted by Gasteiger charge is 2.19. The van der Waals surface area contributed by atoms with Crippen molar-refractivity contribution in [1.29, 1.82) is 0 Å². The Labute approximate surface area is 440 Å². The molecule has 0 saturated heterocycles. The van der Waals surface area contributed by atoms with Crippen LogP contribution in [0.4, 0.5) is 0 Å². The van der Waals surface area contributed by atoms with Gasteiger partial charge in [0, 0.05) is 19.3 Å². The highest BCUT2D eigenvalue weighted by molar-refractivity contribution is 5.71. The van der Waals surface area contributed by atoms with Gasteiger partial charge in [0.25, 0.3) is 0 Å². The summed E-state index contributed by atoms with van der Waals surface area (Å²) in [6.07, 6.45) is 76.2. The molecule has 0 N–H and O–H groups in total. The molecule has 0 fully saturated rings. The molecule has 0 spiro atoms. The van der Waals surface area contributed by atoms with E-state index in [0.717, 1.165) is 96.3 Å². The fourth-order valence-electron chi connectivity index (χ4n) is 8.65. The normalized spacial score (nSPS) is 12.5. The number of carbonyl (C=O) groups is 3. The maximum atomic E-state index is 12.9. The maximum Gasteiger partial charge on any atom is 0.306 e. The van der Waals surface area contributed by atoms with Gasteiger partial charge in [-0.05, 0) is 83.5 Å². The quantitative estimate of drug-likeness (QED) is 0.0261. The molecule has 0 heterocycles. The van der Waals surface area contributed by atoms with Crippen molar-refractivity contribution in [1.82, 2.24) is 0 Å². The highest BCUT2D eigenvalue weighted by Crippen LogP contribution is 2.17. The van der Waals surface area contributed by atoms with E-state index in [-0.39, 0.29) is 37.5 Å². The van der Waals surface area contributed by atoms with E-state index in [2.05, 4.69) is 93.7 Å². The van der Waals surface area contributed by atoms with Gasteiger partial charge in [-0.2, -0.15) is 0 Å². The van der Waals surface area contributed by atoms with E-state index < -0.39 is 6.10 Å². The van der Waals surface area contributed by atoms with Crippen molar-refractivity contribution in [3.05, 3.63) is 72.9 Å². The van der Waals surface area contributed by atoms with E-state index >= 15 is 0 Å². The molecule has 410 valence electrons. The zero-order valence-electron chi connectivity index (χ0n) is 47.0. The Morgan fingerprint density at radius 2 is 0.563 bits per heavy atom. The topological polar surface area (TPSA) is 78.9 Å².